The predicted octanol–water partition coefficient (Wildman–Crippen LogP) is 0.614. The molecule has 0 rings (SSSR count). The summed E-state index contributed by atoms with van der Waals surface area (Å²) < 4.78 is 69.4. The Hall–Kier alpha value is -1.54. The quantitative estimate of drug-likeness (QED) is 0.0707. The molecule has 0 atom stereocenters. The molecule has 0 aromatic rings. The molecule has 0 aromatic carbocycles. The van der Waals surface area contributed by atoms with Crippen LogP contribution in [0.2, 0.25) is 0 Å². The van der Waals surface area contributed by atoms with Gasteiger partial charge in [-0.25, -0.2) is 0 Å². The van der Waals surface area contributed by atoms with Gasteiger partial charge in [-0.15, -0.1) is 0 Å². The Kier molecular flexibility index (Phi) is 38.3. The minimum absolute atomic E-state index is 0.00563. The number of carbonyl (C=O) groups is 2. The molecule has 0 bridgehead atoms. The highest BCUT2D eigenvalue weighted by atomic mass is 16.6. The molecule has 0 radical (unpaired) electrons. The first kappa shape index (κ1) is 44.5. The van der Waals surface area contributed by atoms with E-state index in [9.17, 15) is 9.59 Å². The van der Waals surface area contributed by atoms with Crippen LogP contribution in [0.1, 0.15) is 19.8 Å². The van der Waals surface area contributed by atoms with Crippen molar-refractivity contribution in [3.63, 3.8) is 0 Å². The molecule has 0 unspecified atom stereocenters. The highest BCUT2D eigenvalue weighted by molar-refractivity contribution is 5.69. The van der Waals surface area contributed by atoms with Gasteiger partial charge in [0.1, 0.15) is 0 Å². The maximum absolute atomic E-state index is 11.1. The Morgan fingerprint density at radius 2 is 0.543 bits per heavy atom. The number of rotatable bonds is 40. The van der Waals surface area contributed by atoms with E-state index in [4.69, 9.17) is 66.7 Å². The van der Waals surface area contributed by atoms with Crippen molar-refractivity contribution < 1.29 is 76.3 Å². The second-order valence-corrected chi connectivity index (χ2v) is 9.05. The molecule has 0 heterocycles. The third-order valence-corrected chi connectivity index (χ3v) is 5.31. The SMILES string of the molecule is CCOC(=O)CCOCCOCCOCCOCCOCCOCCOCCOCCOCCOCCOCCOCCC(=O)O. The topological polar surface area (TPSA) is 174 Å². The largest absolute Gasteiger partial charge is 0.481 e. The normalized spacial score (nSPS) is 11.3. The van der Waals surface area contributed by atoms with Crippen LogP contribution in [0, 0.1) is 0 Å². The average Bonchev–Trinajstić information content (AvgIpc) is 3.04. The van der Waals surface area contributed by atoms with Crippen molar-refractivity contribution >= 4 is 11.9 Å². The molecule has 0 saturated carbocycles. The number of carbonyl (C=O) groups excluding carboxylic acids is 1. The van der Waals surface area contributed by atoms with Crippen molar-refractivity contribution in [2.75, 3.05) is 165 Å². The fraction of sp³-hybridized carbons (Fsp3) is 0.933. The maximum Gasteiger partial charge on any atom is 0.308 e. The monoisotopic (exact) mass is 674 g/mol. The maximum atomic E-state index is 11.1. The molecule has 16 heteroatoms. The lowest BCUT2D eigenvalue weighted by atomic mass is 10.5. The summed E-state index contributed by atoms with van der Waals surface area (Å²) in [6.07, 6.45) is 0.245. The number of carboxylic acid groups (broad SMARTS) is 1. The summed E-state index contributed by atoms with van der Waals surface area (Å²) in [7, 11) is 0. The van der Waals surface area contributed by atoms with Crippen molar-refractivity contribution in [3.05, 3.63) is 0 Å². The molecular weight excluding hydrogens is 616 g/mol. The van der Waals surface area contributed by atoms with Crippen molar-refractivity contribution in [1.82, 2.24) is 0 Å². The number of esters is 1. The van der Waals surface area contributed by atoms with Crippen molar-refractivity contribution in [2.45, 2.75) is 19.8 Å². The van der Waals surface area contributed by atoms with Crippen LogP contribution in [-0.4, -0.2) is 182 Å². The molecular formula is C30H58O16. The van der Waals surface area contributed by atoms with Gasteiger partial charge in [0.25, 0.3) is 0 Å². The van der Waals surface area contributed by atoms with E-state index >= 15 is 0 Å². The lowest BCUT2D eigenvalue weighted by Crippen LogP contribution is -2.15. The molecule has 0 spiro atoms. The number of aliphatic carboxylic acids is 1. The van der Waals surface area contributed by atoms with E-state index in [1.807, 2.05) is 0 Å². The minimum Gasteiger partial charge on any atom is -0.481 e. The molecule has 1 N–H and O–H groups in total. The van der Waals surface area contributed by atoms with E-state index in [1.54, 1.807) is 6.92 Å². The summed E-state index contributed by atoms with van der Waals surface area (Å²) in [4.78, 5) is 21.5. The molecule has 16 nitrogen and oxygen atoms in total. The third-order valence-electron chi connectivity index (χ3n) is 5.31. The van der Waals surface area contributed by atoms with Crippen LogP contribution < -0.4 is 0 Å². The average molecular weight is 675 g/mol. The highest BCUT2D eigenvalue weighted by Crippen LogP contribution is 1.90. The van der Waals surface area contributed by atoms with E-state index in [-0.39, 0.29) is 25.4 Å². The van der Waals surface area contributed by atoms with Gasteiger partial charge < -0.3 is 66.7 Å². The van der Waals surface area contributed by atoms with Gasteiger partial charge in [-0.1, -0.05) is 0 Å². The first-order chi connectivity index (χ1) is 22.7. The third kappa shape index (κ3) is 40.5. The molecule has 46 heavy (non-hydrogen) atoms. The first-order valence-corrected chi connectivity index (χ1v) is 16.0. The van der Waals surface area contributed by atoms with E-state index < -0.39 is 5.97 Å². The zero-order valence-electron chi connectivity index (χ0n) is 27.7. The first-order valence-electron chi connectivity index (χ1n) is 16.0. The summed E-state index contributed by atoms with van der Waals surface area (Å²) >= 11 is 0. The minimum atomic E-state index is -0.877. The second kappa shape index (κ2) is 39.6. The van der Waals surface area contributed by atoms with E-state index in [2.05, 4.69) is 0 Å². The van der Waals surface area contributed by atoms with Crippen LogP contribution in [0.25, 0.3) is 0 Å². The summed E-state index contributed by atoms with van der Waals surface area (Å²) in [5.41, 5.74) is 0. The molecule has 0 aliphatic carbocycles. The number of hydrogen-bond donors (Lipinski definition) is 1. The van der Waals surface area contributed by atoms with Crippen molar-refractivity contribution in [2.24, 2.45) is 0 Å². The Bertz CT molecular complexity index is 628. The van der Waals surface area contributed by atoms with Gasteiger partial charge in [-0.2, -0.15) is 0 Å². The second-order valence-electron chi connectivity index (χ2n) is 9.05. The van der Waals surface area contributed by atoms with Gasteiger partial charge in [0, 0.05) is 0 Å². The summed E-state index contributed by atoms with van der Waals surface area (Å²) in [5, 5.41) is 8.48. The number of ether oxygens (including phenoxy) is 13. The number of hydrogen-bond acceptors (Lipinski definition) is 15. The highest BCUT2D eigenvalue weighted by Gasteiger charge is 2.01. The van der Waals surface area contributed by atoms with E-state index in [0.717, 1.165) is 0 Å². The van der Waals surface area contributed by atoms with Gasteiger partial charge >= 0.3 is 11.9 Å². The molecule has 0 amide bonds. The lowest BCUT2D eigenvalue weighted by Gasteiger charge is -2.09. The Balaban J connectivity index is 3.06. The van der Waals surface area contributed by atoms with Crippen LogP contribution in [0.4, 0.5) is 0 Å². The zero-order chi connectivity index (χ0) is 33.4. The summed E-state index contributed by atoms with van der Waals surface area (Å²) in [5.74, 6) is -1.13. The Labute approximate surface area is 273 Å². The fourth-order valence-corrected chi connectivity index (χ4v) is 3.07. The van der Waals surface area contributed by atoms with Crippen LogP contribution in [-0.2, 0) is 71.2 Å². The van der Waals surface area contributed by atoms with Gasteiger partial charge in [0.2, 0.25) is 0 Å². The van der Waals surface area contributed by atoms with Gasteiger partial charge in [0.15, 0.2) is 0 Å². The smallest absolute Gasteiger partial charge is 0.308 e. The van der Waals surface area contributed by atoms with Crippen LogP contribution in [0.3, 0.4) is 0 Å². The Morgan fingerprint density at radius 3 is 0.739 bits per heavy atom. The molecule has 0 aromatic heterocycles. The Morgan fingerprint density at radius 1 is 0.348 bits per heavy atom. The fourth-order valence-electron chi connectivity index (χ4n) is 3.07. The summed E-state index contributed by atoms with van der Waals surface area (Å²) in [6.45, 7) is 12.9. The van der Waals surface area contributed by atoms with Crippen molar-refractivity contribution in [3.8, 4) is 0 Å². The van der Waals surface area contributed by atoms with Crippen LogP contribution >= 0.6 is 0 Å². The standard InChI is InChI=1S/C30H58O16/c1-2-46-30(33)4-6-35-8-10-37-12-14-39-16-18-41-20-22-43-24-26-45-28-27-44-25-23-42-21-19-40-17-15-38-13-11-36-9-7-34-5-3-29(31)32/h2-28H2,1H3,(H,31,32). The number of carboxylic acids is 1. The zero-order valence-corrected chi connectivity index (χ0v) is 27.7. The van der Waals surface area contributed by atoms with Crippen LogP contribution in [0.15, 0.2) is 0 Å². The molecule has 0 aliphatic heterocycles. The lowest BCUT2D eigenvalue weighted by molar-refractivity contribution is -0.144. The van der Waals surface area contributed by atoms with E-state index in [0.29, 0.717) is 159 Å². The van der Waals surface area contributed by atoms with E-state index in [1.165, 1.54) is 0 Å². The van der Waals surface area contributed by atoms with Gasteiger partial charge in [0.05, 0.1) is 178 Å². The molecule has 0 fully saturated rings. The van der Waals surface area contributed by atoms with Gasteiger partial charge in [-0.05, 0) is 6.92 Å². The van der Waals surface area contributed by atoms with Crippen molar-refractivity contribution in [1.29, 1.82) is 0 Å². The van der Waals surface area contributed by atoms with Gasteiger partial charge in [-0.3, -0.25) is 9.59 Å². The molecule has 274 valence electrons. The summed E-state index contributed by atoms with van der Waals surface area (Å²) in [6, 6.07) is 0. The predicted molar refractivity (Wildman–Crippen MR) is 163 cm³/mol. The van der Waals surface area contributed by atoms with Crippen LogP contribution in [0.5, 0.6) is 0 Å². The molecule has 0 saturated heterocycles. The molecule has 0 aliphatic rings.